The summed E-state index contributed by atoms with van der Waals surface area (Å²) in [6, 6.07) is 4.02. The van der Waals surface area contributed by atoms with Crippen molar-refractivity contribution in [3.8, 4) is 0 Å². The van der Waals surface area contributed by atoms with Crippen molar-refractivity contribution in [2.75, 3.05) is 11.4 Å². The number of aromatic nitrogens is 4. The summed E-state index contributed by atoms with van der Waals surface area (Å²) in [6.45, 7) is 0.920. The summed E-state index contributed by atoms with van der Waals surface area (Å²) >= 11 is 1.51. The number of hydrogen-bond acceptors (Lipinski definition) is 6. The first-order chi connectivity index (χ1) is 11.2. The van der Waals surface area contributed by atoms with Crippen LogP contribution in [0.4, 0.5) is 5.82 Å². The maximum absolute atomic E-state index is 12.4. The maximum Gasteiger partial charge on any atom is 0.174 e. The number of aryl methyl sites for hydroxylation is 1. The van der Waals surface area contributed by atoms with Gasteiger partial charge < -0.3 is 4.90 Å². The molecule has 23 heavy (non-hydrogen) atoms. The van der Waals surface area contributed by atoms with Crippen molar-refractivity contribution in [2.45, 2.75) is 25.3 Å². The third-order valence-electron chi connectivity index (χ3n) is 4.37. The Hall–Kier alpha value is -2.28. The minimum Gasteiger partial charge on any atom is -0.352 e. The molecule has 0 radical (unpaired) electrons. The third kappa shape index (κ3) is 2.50. The van der Waals surface area contributed by atoms with E-state index in [1.54, 1.807) is 17.2 Å². The minimum atomic E-state index is 0.197. The van der Waals surface area contributed by atoms with Crippen LogP contribution in [0.1, 0.15) is 28.9 Å². The molecule has 3 aromatic rings. The second-order valence-electron chi connectivity index (χ2n) is 5.80. The standard InChI is InChI=1S/C16H17N5OS/c1-20-15-12(9-19-20)16(18-10-17-15)21-6-2-4-11(21)8-13(22)14-5-3-7-23-14/h3,5,7,9-11H,2,4,6,8H2,1H3. The molecule has 0 aliphatic carbocycles. The van der Waals surface area contributed by atoms with E-state index in [9.17, 15) is 4.79 Å². The molecular weight excluding hydrogens is 310 g/mol. The van der Waals surface area contributed by atoms with Gasteiger partial charge in [0.2, 0.25) is 0 Å². The molecule has 6 nitrogen and oxygen atoms in total. The highest BCUT2D eigenvalue weighted by Crippen LogP contribution is 2.31. The molecule has 4 rings (SSSR count). The lowest BCUT2D eigenvalue weighted by atomic mass is 10.1. The van der Waals surface area contributed by atoms with Gasteiger partial charge in [0.1, 0.15) is 12.1 Å². The number of carbonyl (C=O) groups excluding carboxylic acids is 1. The van der Waals surface area contributed by atoms with E-state index in [0.717, 1.165) is 41.1 Å². The van der Waals surface area contributed by atoms with Crippen LogP contribution in [0.25, 0.3) is 11.0 Å². The van der Waals surface area contributed by atoms with Crippen LogP contribution in [0.15, 0.2) is 30.0 Å². The summed E-state index contributed by atoms with van der Waals surface area (Å²) in [7, 11) is 1.88. The number of rotatable bonds is 4. The first-order valence-corrected chi connectivity index (χ1v) is 8.58. The van der Waals surface area contributed by atoms with Crippen LogP contribution in [0.5, 0.6) is 0 Å². The minimum absolute atomic E-state index is 0.197. The Morgan fingerprint density at radius 3 is 3.17 bits per heavy atom. The van der Waals surface area contributed by atoms with E-state index in [1.807, 2.05) is 24.6 Å². The molecule has 0 spiro atoms. The van der Waals surface area contributed by atoms with Crippen LogP contribution in [-0.4, -0.2) is 38.1 Å². The van der Waals surface area contributed by atoms with Crippen molar-refractivity contribution in [3.05, 3.63) is 34.9 Å². The zero-order valence-electron chi connectivity index (χ0n) is 12.8. The van der Waals surface area contributed by atoms with E-state index < -0.39 is 0 Å². The monoisotopic (exact) mass is 327 g/mol. The van der Waals surface area contributed by atoms with Crippen LogP contribution in [-0.2, 0) is 7.05 Å². The van der Waals surface area contributed by atoms with E-state index in [0.29, 0.717) is 6.42 Å². The predicted octanol–water partition coefficient (Wildman–Crippen LogP) is 2.67. The number of carbonyl (C=O) groups is 1. The number of hydrogen-bond donors (Lipinski definition) is 0. The molecule has 0 bridgehead atoms. The van der Waals surface area contributed by atoms with E-state index in [2.05, 4.69) is 20.0 Å². The van der Waals surface area contributed by atoms with Crippen molar-refractivity contribution < 1.29 is 4.79 Å². The SMILES string of the molecule is Cn1ncc2c(N3CCCC3CC(=O)c3cccs3)ncnc21. The number of anilines is 1. The lowest BCUT2D eigenvalue weighted by molar-refractivity contribution is 0.0978. The summed E-state index contributed by atoms with van der Waals surface area (Å²) in [4.78, 5) is 24.3. The van der Waals surface area contributed by atoms with Crippen molar-refractivity contribution in [3.63, 3.8) is 0 Å². The van der Waals surface area contributed by atoms with Crippen molar-refractivity contribution in [1.82, 2.24) is 19.7 Å². The highest BCUT2D eigenvalue weighted by atomic mass is 32.1. The summed E-state index contributed by atoms with van der Waals surface area (Å²) in [5.41, 5.74) is 0.824. The van der Waals surface area contributed by atoms with E-state index in [1.165, 1.54) is 11.3 Å². The number of thiophene rings is 1. The molecule has 0 N–H and O–H groups in total. The normalized spacial score (nSPS) is 18.0. The van der Waals surface area contributed by atoms with Gasteiger partial charge in [-0.1, -0.05) is 6.07 Å². The second-order valence-corrected chi connectivity index (χ2v) is 6.74. The van der Waals surface area contributed by atoms with E-state index in [4.69, 9.17) is 0 Å². The van der Waals surface area contributed by atoms with Gasteiger partial charge in [-0.25, -0.2) is 9.97 Å². The zero-order valence-corrected chi connectivity index (χ0v) is 13.7. The van der Waals surface area contributed by atoms with Gasteiger partial charge in [0.15, 0.2) is 11.4 Å². The van der Waals surface area contributed by atoms with Crippen molar-refractivity contribution >= 4 is 34.0 Å². The molecule has 1 atom stereocenters. The maximum atomic E-state index is 12.4. The fraction of sp³-hybridized carbons (Fsp3) is 0.375. The van der Waals surface area contributed by atoms with Crippen LogP contribution < -0.4 is 4.90 Å². The van der Waals surface area contributed by atoms with Crippen molar-refractivity contribution in [1.29, 1.82) is 0 Å². The van der Waals surface area contributed by atoms with Crippen LogP contribution in [0.3, 0.4) is 0 Å². The summed E-state index contributed by atoms with van der Waals surface area (Å²) in [5, 5.41) is 7.17. The average molecular weight is 327 g/mol. The molecule has 1 aliphatic rings. The Balaban J connectivity index is 1.63. The third-order valence-corrected chi connectivity index (χ3v) is 5.29. The van der Waals surface area contributed by atoms with Gasteiger partial charge in [-0.3, -0.25) is 9.48 Å². The Labute approximate surface area is 137 Å². The highest BCUT2D eigenvalue weighted by Gasteiger charge is 2.29. The lowest BCUT2D eigenvalue weighted by Crippen LogP contribution is -2.32. The van der Waals surface area contributed by atoms with Gasteiger partial charge >= 0.3 is 0 Å². The lowest BCUT2D eigenvalue weighted by Gasteiger charge is -2.25. The smallest absolute Gasteiger partial charge is 0.174 e. The largest absolute Gasteiger partial charge is 0.352 e. The van der Waals surface area contributed by atoms with E-state index in [-0.39, 0.29) is 11.8 Å². The van der Waals surface area contributed by atoms with Gasteiger partial charge in [-0.05, 0) is 24.3 Å². The summed E-state index contributed by atoms with van der Waals surface area (Å²) < 4.78 is 1.75. The molecule has 0 amide bonds. The van der Waals surface area contributed by atoms with Crippen molar-refractivity contribution in [2.24, 2.45) is 7.05 Å². The second kappa shape index (κ2) is 5.73. The van der Waals surface area contributed by atoms with Crippen LogP contribution >= 0.6 is 11.3 Å². The number of fused-ring (bicyclic) bond motifs is 1. The molecule has 4 heterocycles. The summed E-state index contributed by atoms with van der Waals surface area (Å²) in [5.74, 6) is 1.11. The van der Waals surface area contributed by atoms with Gasteiger partial charge in [0, 0.05) is 26.1 Å². The number of ketones is 1. The van der Waals surface area contributed by atoms with Gasteiger partial charge in [0.25, 0.3) is 0 Å². The molecule has 7 heteroatoms. The fourth-order valence-corrected chi connectivity index (χ4v) is 3.93. The Bertz CT molecular complexity index is 841. The molecule has 1 unspecified atom stereocenters. The van der Waals surface area contributed by atoms with Gasteiger partial charge in [-0.15, -0.1) is 11.3 Å². The number of nitrogens with zero attached hydrogens (tertiary/aromatic N) is 5. The van der Waals surface area contributed by atoms with Gasteiger partial charge in [-0.2, -0.15) is 5.10 Å². The molecule has 0 aromatic carbocycles. The molecule has 118 valence electrons. The Kier molecular flexibility index (Phi) is 3.57. The first-order valence-electron chi connectivity index (χ1n) is 7.70. The molecular formula is C16H17N5OS. The molecule has 1 aliphatic heterocycles. The molecule has 1 fully saturated rings. The Morgan fingerprint density at radius 1 is 1.43 bits per heavy atom. The quantitative estimate of drug-likeness (QED) is 0.689. The predicted molar refractivity (Wildman–Crippen MR) is 89.9 cm³/mol. The topological polar surface area (TPSA) is 63.9 Å². The van der Waals surface area contributed by atoms with Crippen LogP contribution in [0, 0.1) is 0 Å². The number of Topliss-reactive ketones (excluding diaryl/α,β-unsaturated/α-hetero) is 1. The molecule has 1 saturated heterocycles. The molecule has 0 saturated carbocycles. The van der Waals surface area contributed by atoms with Gasteiger partial charge in [0.05, 0.1) is 16.5 Å². The van der Waals surface area contributed by atoms with E-state index >= 15 is 0 Å². The first kappa shape index (κ1) is 14.3. The zero-order chi connectivity index (χ0) is 15.8. The fourth-order valence-electron chi connectivity index (χ4n) is 3.26. The average Bonchev–Trinajstić information content (AvgIpc) is 3.28. The molecule has 3 aromatic heterocycles. The Morgan fingerprint density at radius 2 is 2.35 bits per heavy atom. The summed E-state index contributed by atoms with van der Waals surface area (Å²) in [6.07, 6.45) is 6.01. The van der Waals surface area contributed by atoms with Crippen LogP contribution in [0.2, 0.25) is 0 Å². The highest BCUT2D eigenvalue weighted by molar-refractivity contribution is 7.12.